The minimum absolute atomic E-state index is 0.360. The highest BCUT2D eigenvalue weighted by molar-refractivity contribution is 7.58. The van der Waals surface area contributed by atoms with Gasteiger partial charge in [0.1, 0.15) is 11.4 Å². The van der Waals surface area contributed by atoms with E-state index in [9.17, 15) is 0 Å². The van der Waals surface area contributed by atoms with Crippen LogP contribution in [0.3, 0.4) is 0 Å². The van der Waals surface area contributed by atoms with Gasteiger partial charge in [-0.3, -0.25) is 0 Å². The molecule has 3 nitrogen and oxygen atoms in total. The number of hydrogen-bond acceptors (Lipinski definition) is 3. The van der Waals surface area contributed by atoms with Crippen LogP contribution >= 0.6 is 46.4 Å². The quantitative estimate of drug-likeness (QED) is 0.799. The zero-order chi connectivity index (χ0) is 12.4. The fourth-order valence-electron chi connectivity index (χ4n) is 1.25. The molecule has 1 aliphatic rings. The molecule has 1 aromatic rings. The van der Waals surface area contributed by atoms with Gasteiger partial charge in [0.2, 0.25) is 0 Å². The first-order chi connectivity index (χ1) is 8.13. The Kier molecular flexibility index (Phi) is 4.33. The van der Waals surface area contributed by atoms with E-state index < -0.39 is 0 Å². The van der Waals surface area contributed by atoms with Crippen LogP contribution in [0.4, 0.5) is 17.1 Å². The molecular formula is C9H5Cl4N3S. The van der Waals surface area contributed by atoms with E-state index in [0.29, 0.717) is 38.7 Å². The van der Waals surface area contributed by atoms with Crippen molar-refractivity contribution >= 4 is 74.8 Å². The van der Waals surface area contributed by atoms with Crippen molar-refractivity contribution in [1.82, 2.24) is 0 Å². The highest BCUT2D eigenvalue weighted by Gasteiger charge is 2.18. The first-order valence-electron chi connectivity index (χ1n) is 4.42. The van der Waals surface area contributed by atoms with Crippen LogP contribution in [0, 0.1) is 0 Å². The van der Waals surface area contributed by atoms with Gasteiger partial charge in [-0.1, -0.05) is 46.4 Å². The molecule has 0 spiro atoms. The molecule has 0 amide bonds. The Labute approximate surface area is 122 Å². The Hall–Kier alpha value is -0.260. The maximum atomic E-state index is 6.09. The summed E-state index contributed by atoms with van der Waals surface area (Å²) in [5.41, 5.74) is 3.19. The van der Waals surface area contributed by atoms with E-state index in [0.717, 1.165) is 11.4 Å². The van der Waals surface area contributed by atoms with Crippen molar-refractivity contribution in [3.63, 3.8) is 0 Å². The molecule has 0 unspecified atom stereocenters. The summed E-state index contributed by atoms with van der Waals surface area (Å²) in [5.74, 6) is 0. The molecule has 0 saturated carbocycles. The third kappa shape index (κ3) is 2.77. The van der Waals surface area contributed by atoms with Crippen molar-refractivity contribution in [2.24, 2.45) is 8.73 Å². The summed E-state index contributed by atoms with van der Waals surface area (Å²) < 4.78 is 8.24. The van der Waals surface area contributed by atoms with Crippen LogP contribution < -0.4 is 5.32 Å². The standard InChI is InChI=1S/C9H5Cl4N3S/c10-2-4(11)3-14-7-5(12)1-6(13)8-9(7)16-17-15-8/h1-2,14H,3H2. The second kappa shape index (κ2) is 5.59. The van der Waals surface area contributed by atoms with Crippen molar-refractivity contribution in [1.29, 1.82) is 0 Å². The van der Waals surface area contributed by atoms with E-state index in [1.807, 2.05) is 0 Å². The largest absolute Gasteiger partial charge is 0.377 e. The third-order valence-electron chi connectivity index (χ3n) is 2.00. The van der Waals surface area contributed by atoms with Crippen molar-refractivity contribution in [3.05, 3.63) is 26.7 Å². The number of anilines is 1. The summed E-state index contributed by atoms with van der Waals surface area (Å²) in [6.45, 7) is 0.360. The fourth-order valence-corrected chi connectivity index (χ4v) is 2.58. The minimum Gasteiger partial charge on any atom is -0.377 e. The summed E-state index contributed by atoms with van der Waals surface area (Å²) in [6.07, 6.45) is 0. The van der Waals surface area contributed by atoms with E-state index >= 15 is 0 Å². The lowest BCUT2D eigenvalue weighted by Gasteiger charge is -2.11. The van der Waals surface area contributed by atoms with Gasteiger partial charge < -0.3 is 5.32 Å². The molecule has 8 heteroatoms. The molecule has 1 aromatic carbocycles. The van der Waals surface area contributed by atoms with Crippen molar-refractivity contribution in [2.75, 3.05) is 11.9 Å². The number of nitrogens with one attached hydrogen (secondary N) is 1. The van der Waals surface area contributed by atoms with Gasteiger partial charge in [0.05, 0.1) is 33.6 Å². The molecule has 0 saturated heterocycles. The predicted octanol–water partition coefficient (Wildman–Crippen LogP) is 5.45. The topological polar surface area (TPSA) is 36.8 Å². The Balaban J connectivity index is 2.35. The number of fused-ring (bicyclic) bond motifs is 1. The maximum absolute atomic E-state index is 6.09. The summed E-state index contributed by atoms with van der Waals surface area (Å²) in [5, 5.41) is 4.46. The number of nitrogens with zero attached hydrogens (tertiary/aromatic N) is 2. The van der Waals surface area contributed by atoms with Crippen molar-refractivity contribution < 1.29 is 0 Å². The molecule has 0 atom stereocenters. The van der Waals surface area contributed by atoms with Crippen LogP contribution in [0.1, 0.15) is 0 Å². The van der Waals surface area contributed by atoms with Gasteiger partial charge in [-0.25, -0.2) is 0 Å². The van der Waals surface area contributed by atoms with E-state index in [4.69, 9.17) is 46.4 Å². The third-order valence-corrected chi connectivity index (χ3v) is 3.73. The molecule has 1 N–H and O–H groups in total. The molecule has 1 aliphatic heterocycles. The second-order valence-electron chi connectivity index (χ2n) is 3.09. The summed E-state index contributed by atoms with van der Waals surface area (Å²) in [6, 6.07) is 1.62. The van der Waals surface area contributed by atoms with Crippen LogP contribution in [-0.2, 0) is 11.4 Å². The van der Waals surface area contributed by atoms with E-state index in [1.165, 1.54) is 5.54 Å². The SMILES string of the molecule is ClC=C(Cl)CNc1c(Cl)cc(Cl)c2c1N=S=N2. The molecule has 0 radical (unpaired) electrons. The lowest BCUT2D eigenvalue weighted by atomic mass is 10.2. The minimum atomic E-state index is 0.360. The molecule has 0 aromatic heterocycles. The second-order valence-corrected chi connectivity index (χ2v) is 5.13. The average molecular weight is 329 g/mol. The molecule has 2 rings (SSSR count). The number of halogens is 4. The van der Waals surface area contributed by atoms with Crippen LogP contribution in [0.25, 0.3) is 0 Å². The Morgan fingerprint density at radius 2 is 2.00 bits per heavy atom. The normalized spacial score (nSPS) is 13.5. The zero-order valence-electron chi connectivity index (χ0n) is 8.18. The smallest absolute Gasteiger partial charge is 0.130 e. The maximum Gasteiger partial charge on any atom is 0.130 e. The number of benzene rings is 1. The van der Waals surface area contributed by atoms with Gasteiger partial charge in [-0.05, 0) is 6.07 Å². The lowest BCUT2D eigenvalue weighted by Crippen LogP contribution is -2.02. The first kappa shape index (κ1) is 13.2. The van der Waals surface area contributed by atoms with Crippen LogP contribution in [-0.4, -0.2) is 6.54 Å². The Morgan fingerprint density at radius 3 is 2.71 bits per heavy atom. The lowest BCUT2D eigenvalue weighted by molar-refractivity contribution is 1.31. The molecule has 1 heterocycles. The molecule has 0 fully saturated rings. The number of hydrogen-bond donors (Lipinski definition) is 1. The molecule has 0 aliphatic carbocycles. The van der Waals surface area contributed by atoms with Gasteiger partial charge in [0.15, 0.2) is 0 Å². The molecule has 90 valence electrons. The molecule has 17 heavy (non-hydrogen) atoms. The molecular weight excluding hydrogens is 324 g/mol. The summed E-state index contributed by atoms with van der Waals surface area (Å²) in [4.78, 5) is 0. The summed E-state index contributed by atoms with van der Waals surface area (Å²) in [7, 11) is 0. The van der Waals surface area contributed by atoms with Gasteiger partial charge in [0, 0.05) is 10.6 Å². The fraction of sp³-hybridized carbons (Fsp3) is 0.111. The average Bonchev–Trinajstić information content (AvgIpc) is 2.77. The molecule has 0 bridgehead atoms. The van der Waals surface area contributed by atoms with E-state index in [2.05, 4.69) is 14.0 Å². The van der Waals surface area contributed by atoms with Crippen LogP contribution in [0.5, 0.6) is 0 Å². The summed E-state index contributed by atoms with van der Waals surface area (Å²) >= 11 is 24.4. The van der Waals surface area contributed by atoms with Gasteiger partial charge in [-0.2, -0.15) is 8.73 Å². The van der Waals surface area contributed by atoms with E-state index in [1.54, 1.807) is 6.07 Å². The van der Waals surface area contributed by atoms with Crippen molar-refractivity contribution in [3.8, 4) is 0 Å². The number of rotatable bonds is 3. The van der Waals surface area contributed by atoms with E-state index in [-0.39, 0.29) is 0 Å². The predicted molar refractivity (Wildman–Crippen MR) is 76.3 cm³/mol. The van der Waals surface area contributed by atoms with Gasteiger partial charge in [-0.15, -0.1) is 0 Å². The highest BCUT2D eigenvalue weighted by Crippen LogP contribution is 2.47. The monoisotopic (exact) mass is 327 g/mol. The Bertz CT molecular complexity index is 564. The van der Waals surface area contributed by atoms with Gasteiger partial charge >= 0.3 is 0 Å². The highest BCUT2D eigenvalue weighted by atomic mass is 35.5. The zero-order valence-corrected chi connectivity index (χ0v) is 12.0. The van der Waals surface area contributed by atoms with Gasteiger partial charge in [0.25, 0.3) is 0 Å². The Morgan fingerprint density at radius 1 is 1.29 bits per heavy atom. The van der Waals surface area contributed by atoms with Crippen LogP contribution in [0.15, 0.2) is 25.4 Å². The van der Waals surface area contributed by atoms with Crippen LogP contribution in [0.2, 0.25) is 10.0 Å². The first-order valence-corrected chi connectivity index (χ1v) is 6.72. The van der Waals surface area contributed by atoms with Crippen molar-refractivity contribution in [2.45, 2.75) is 0 Å².